The molecule has 1 saturated heterocycles. The molecule has 2 atom stereocenters. The number of nitrogens with one attached hydrogen (secondary N) is 1. The molecule has 2 N–H and O–H groups in total. The van der Waals surface area contributed by atoms with Gasteiger partial charge < -0.3 is 20.2 Å². The topological polar surface area (TPSA) is 38.7 Å². The standard InChI is InChI=1S/C14H31N3O/c1-12(2)15-14(3,11-18)10-16(4)9-13-7-6-8-17(13)5/h12-13,15,18H,6-11H2,1-5H3. The fourth-order valence-corrected chi connectivity index (χ4v) is 3.07. The van der Waals surface area contributed by atoms with Crippen molar-refractivity contribution in [3.8, 4) is 0 Å². The highest BCUT2D eigenvalue weighted by Crippen LogP contribution is 2.16. The van der Waals surface area contributed by atoms with Crippen molar-refractivity contribution in [1.82, 2.24) is 15.1 Å². The second-order valence-corrected chi connectivity index (χ2v) is 6.49. The molecule has 1 fully saturated rings. The van der Waals surface area contributed by atoms with Gasteiger partial charge in [0.05, 0.1) is 12.1 Å². The first-order valence-electron chi connectivity index (χ1n) is 7.13. The minimum absolute atomic E-state index is 0.177. The first kappa shape index (κ1) is 15.9. The van der Waals surface area contributed by atoms with Crippen LogP contribution >= 0.6 is 0 Å². The average molecular weight is 257 g/mol. The highest BCUT2D eigenvalue weighted by atomic mass is 16.3. The van der Waals surface area contributed by atoms with Crippen molar-refractivity contribution in [1.29, 1.82) is 0 Å². The van der Waals surface area contributed by atoms with E-state index in [2.05, 4.69) is 50.0 Å². The van der Waals surface area contributed by atoms with E-state index in [9.17, 15) is 5.11 Å². The lowest BCUT2D eigenvalue weighted by atomic mass is 10.0. The number of likely N-dealkylation sites (tertiary alicyclic amines) is 1. The van der Waals surface area contributed by atoms with Crippen molar-refractivity contribution >= 4 is 0 Å². The molecule has 108 valence electrons. The largest absolute Gasteiger partial charge is 0.394 e. The smallest absolute Gasteiger partial charge is 0.0623 e. The zero-order chi connectivity index (χ0) is 13.8. The number of hydrogen-bond acceptors (Lipinski definition) is 4. The minimum Gasteiger partial charge on any atom is -0.394 e. The monoisotopic (exact) mass is 257 g/mol. The highest BCUT2D eigenvalue weighted by molar-refractivity contribution is 4.88. The molecule has 0 aromatic carbocycles. The Bertz CT molecular complexity index is 247. The van der Waals surface area contributed by atoms with Gasteiger partial charge in [0.25, 0.3) is 0 Å². The number of aliphatic hydroxyl groups excluding tert-OH is 1. The van der Waals surface area contributed by atoms with Crippen molar-refractivity contribution in [3.05, 3.63) is 0 Å². The molecule has 0 aromatic rings. The van der Waals surface area contributed by atoms with Gasteiger partial charge in [0.15, 0.2) is 0 Å². The van der Waals surface area contributed by atoms with E-state index in [0.717, 1.165) is 13.1 Å². The van der Waals surface area contributed by atoms with Crippen LogP contribution in [0.2, 0.25) is 0 Å². The quantitative estimate of drug-likeness (QED) is 0.706. The Morgan fingerprint density at radius 2 is 2.17 bits per heavy atom. The maximum atomic E-state index is 9.60. The fraction of sp³-hybridized carbons (Fsp3) is 1.00. The van der Waals surface area contributed by atoms with Gasteiger partial charge in [0.2, 0.25) is 0 Å². The van der Waals surface area contributed by atoms with Crippen molar-refractivity contribution in [3.63, 3.8) is 0 Å². The molecule has 2 unspecified atom stereocenters. The molecule has 4 nitrogen and oxygen atoms in total. The van der Waals surface area contributed by atoms with E-state index in [4.69, 9.17) is 0 Å². The van der Waals surface area contributed by atoms with Crippen LogP contribution in [0.3, 0.4) is 0 Å². The van der Waals surface area contributed by atoms with Crippen LogP contribution < -0.4 is 5.32 Å². The molecule has 1 heterocycles. The van der Waals surface area contributed by atoms with Crippen LogP contribution in [-0.2, 0) is 0 Å². The summed E-state index contributed by atoms with van der Waals surface area (Å²) in [4.78, 5) is 4.79. The fourth-order valence-electron chi connectivity index (χ4n) is 3.07. The van der Waals surface area contributed by atoms with Crippen LogP contribution in [0, 0.1) is 0 Å². The lowest BCUT2D eigenvalue weighted by Crippen LogP contribution is -2.56. The molecule has 0 amide bonds. The average Bonchev–Trinajstić information content (AvgIpc) is 2.63. The van der Waals surface area contributed by atoms with Crippen LogP contribution in [0.5, 0.6) is 0 Å². The molecule has 1 aliphatic rings. The van der Waals surface area contributed by atoms with E-state index in [1.807, 2.05) is 0 Å². The maximum Gasteiger partial charge on any atom is 0.0623 e. The molecule has 1 rings (SSSR count). The third kappa shape index (κ3) is 4.84. The van der Waals surface area contributed by atoms with Crippen LogP contribution in [0.25, 0.3) is 0 Å². The molecule has 0 aromatic heterocycles. The van der Waals surface area contributed by atoms with Crippen LogP contribution in [0.15, 0.2) is 0 Å². The highest BCUT2D eigenvalue weighted by Gasteiger charge is 2.28. The Morgan fingerprint density at radius 1 is 1.50 bits per heavy atom. The molecule has 0 spiro atoms. The van der Waals surface area contributed by atoms with E-state index in [-0.39, 0.29) is 12.1 Å². The first-order chi connectivity index (χ1) is 8.36. The molecule has 4 heteroatoms. The molecule has 18 heavy (non-hydrogen) atoms. The molecule has 0 saturated carbocycles. The normalized spacial score (nSPS) is 25.0. The summed E-state index contributed by atoms with van der Waals surface area (Å²) in [6.07, 6.45) is 2.62. The summed E-state index contributed by atoms with van der Waals surface area (Å²) in [5, 5.41) is 13.1. The van der Waals surface area contributed by atoms with E-state index < -0.39 is 0 Å². The van der Waals surface area contributed by atoms with E-state index in [1.165, 1.54) is 19.4 Å². The molecular weight excluding hydrogens is 226 g/mol. The van der Waals surface area contributed by atoms with Crippen LogP contribution in [0.4, 0.5) is 0 Å². The summed E-state index contributed by atoms with van der Waals surface area (Å²) < 4.78 is 0. The van der Waals surface area contributed by atoms with Gasteiger partial charge in [-0.1, -0.05) is 13.8 Å². The van der Waals surface area contributed by atoms with E-state index in [1.54, 1.807) is 0 Å². The third-order valence-corrected chi connectivity index (χ3v) is 3.80. The van der Waals surface area contributed by atoms with Gasteiger partial charge in [-0.3, -0.25) is 0 Å². The summed E-state index contributed by atoms with van der Waals surface area (Å²) in [6.45, 7) is 9.72. The number of likely N-dealkylation sites (N-methyl/N-ethyl adjacent to an activating group) is 2. The van der Waals surface area contributed by atoms with Crippen molar-refractivity contribution in [2.24, 2.45) is 0 Å². The predicted octanol–water partition coefficient (Wildman–Crippen LogP) is 0.761. The summed E-state index contributed by atoms with van der Waals surface area (Å²) in [7, 11) is 4.37. The Labute approximate surface area is 112 Å². The predicted molar refractivity (Wildman–Crippen MR) is 76.9 cm³/mol. The Morgan fingerprint density at radius 3 is 2.61 bits per heavy atom. The maximum absolute atomic E-state index is 9.60. The lowest BCUT2D eigenvalue weighted by Gasteiger charge is -2.36. The van der Waals surface area contributed by atoms with Gasteiger partial charge in [0.1, 0.15) is 0 Å². The number of aliphatic hydroxyl groups is 1. The summed E-state index contributed by atoms with van der Waals surface area (Å²) in [5.41, 5.74) is -0.208. The van der Waals surface area contributed by atoms with Gasteiger partial charge in [-0.25, -0.2) is 0 Å². The molecule has 0 bridgehead atoms. The van der Waals surface area contributed by atoms with Gasteiger partial charge in [-0.2, -0.15) is 0 Å². The van der Waals surface area contributed by atoms with E-state index >= 15 is 0 Å². The van der Waals surface area contributed by atoms with Gasteiger partial charge in [-0.05, 0) is 40.4 Å². The van der Waals surface area contributed by atoms with Crippen molar-refractivity contribution < 1.29 is 5.11 Å². The summed E-state index contributed by atoms with van der Waals surface area (Å²) in [6, 6.07) is 1.07. The number of rotatable bonds is 7. The van der Waals surface area contributed by atoms with Crippen LogP contribution in [-0.4, -0.2) is 72.9 Å². The summed E-state index contributed by atoms with van der Waals surface area (Å²) >= 11 is 0. The number of hydrogen-bond donors (Lipinski definition) is 2. The zero-order valence-corrected chi connectivity index (χ0v) is 12.7. The zero-order valence-electron chi connectivity index (χ0n) is 12.7. The molecular formula is C14H31N3O. The Hall–Kier alpha value is -0.160. The Kier molecular flexibility index (Phi) is 6.05. The molecule has 0 aliphatic carbocycles. The molecule has 1 aliphatic heterocycles. The summed E-state index contributed by atoms with van der Waals surface area (Å²) in [5.74, 6) is 0. The number of nitrogens with zero attached hydrogens (tertiary/aromatic N) is 2. The van der Waals surface area contributed by atoms with Gasteiger partial charge in [0, 0.05) is 25.2 Å². The van der Waals surface area contributed by atoms with E-state index in [0.29, 0.717) is 12.1 Å². The minimum atomic E-state index is -0.208. The van der Waals surface area contributed by atoms with Gasteiger partial charge >= 0.3 is 0 Å². The Balaban J connectivity index is 2.43. The second kappa shape index (κ2) is 6.85. The second-order valence-electron chi connectivity index (χ2n) is 6.49. The first-order valence-corrected chi connectivity index (χ1v) is 7.13. The SMILES string of the molecule is CC(C)NC(C)(CO)CN(C)CC1CCCN1C. The van der Waals surface area contributed by atoms with Crippen LogP contribution in [0.1, 0.15) is 33.6 Å². The lowest BCUT2D eigenvalue weighted by molar-refractivity contribution is 0.112. The van der Waals surface area contributed by atoms with Crippen molar-refractivity contribution in [2.75, 3.05) is 40.3 Å². The third-order valence-electron chi connectivity index (χ3n) is 3.80. The van der Waals surface area contributed by atoms with Crippen molar-refractivity contribution in [2.45, 2.75) is 51.2 Å². The van der Waals surface area contributed by atoms with Gasteiger partial charge in [-0.15, -0.1) is 0 Å². The molecule has 0 radical (unpaired) electrons.